The predicted octanol–water partition coefficient (Wildman–Crippen LogP) is 6.29. The summed E-state index contributed by atoms with van der Waals surface area (Å²) in [6, 6.07) is 23.2. The summed E-state index contributed by atoms with van der Waals surface area (Å²) in [5.74, 6) is -0.609. The number of amides is 1. The Bertz CT molecular complexity index is 1400. The lowest BCUT2D eigenvalue weighted by Crippen LogP contribution is -2.09. The van der Waals surface area contributed by atoms with Gasteiger partial charge in [-0.05, 0) is 71.9 Å². The van der Waals surface area contributed by atoms with Crippen LogP contribution in [0.5, 0.6) is 5.75 Å². The van der Waals surface area contributed by atoms with Crippen LogP contribution in [0.25, 0.3) is 22.0 Å². The molecule has 0 aromatic heterocycles. The third kappa shape index (κ3) is 11.5. The molecule has 0 bridgehead atoms. The smallest absolute Gasteiger partial charge is 0.330 e. The quantitative estimate of drug-likeness (QED) is 0.101. The second-order valence-electron chi connectivity index (χ2n) is 9.23. The summed E-state index contributed by atoms with van der Waals surface area (Å²) in [6.07, 6.45) is 8.46. The summed E-state index contributed by atoms with van der Waals surface area (Å²) in [7, 11) is 1.24. The maximum absolute atomic E-state index is 12.1. The Hall–Kier alpha value is -5.16. The topological polar surface area (TPSA) is 95.3 Å². The zero-order valence-corrected chi connectivity index (χ0v) is 23.6. The van der Waals surface area contributed by atoms with Gasteiger partial charge in [-0.15, -0.1) is 0 Å². The molecule has 0 heterocycles. The summed E-state index contributed by atoms with van der Waals surface area (Å²) in [6.45, 7) is 8.14. The first kappa shape index (κ1) is 31.4. The van der Waals surface area contributed by atoms with Crippen molar-refractivity contribution >= 4 is 29.6 Å². The zero-order chi connectivity index (χ0) is 30.0. The second-order valence-corrected chi connectivity index (χ2v) is 9.23. The van der Waals surface area contributed by atoms with Crippen molar-refractivity contribution in [3.05, 3.63) is 114 Å². The lowest BCUT2D eigenvalue weighted by atomic mass is 10.0. The Morgan fingerprint density at radius 2 is 1.48 bits per heavy atom. The van der Waals surface area contributed by atoms with E-state index in [9.17, 15) is 14.4 Å². The Balaban J connectivity index is 1.33. The number of hydrogen-bond donors (Lipinski definition) is 1. The maximum Gasteiger partial charge on any atom is 0.330 e. The SMILES string of the molecule is [C-]#[N+]CCCOc1ccc(-c2ccc(/C=C/C(=O)OCCCCc3ccc(NC(=O)/C=C\C(=O)OC)cc3)cc2)cc1. The summed E-state index contributed by atoms with van der Waals surface area (Å²) in [5.41, 5.74) is 4.74. The van der Waals surface area contributed by atoms with Crippen LogP contribution < -0.4 is 10.1 Å². The molecule has 1 amide bonds. The number of esters is 2. The number of carbonyl (C=O) groups is 3. The van der Waals surface area contributed by atoms with Crippen molar-refractivity contribution in [3.8, 4) is 16.9 Å². The fraction of sp³-hybridized carbons (Fsp3) is 0.235. The summed E-state index contributed by atoms with van der Waals surface area (Å²) >= 11 is 0. The van der Waals surface area contributed by atoms with Crippen molar-refractivity contribution < 1.29 is 28.6 Å². The van der Waals surface area contributed by atoms with Crippen LogP contribution in [-0.4, -0.2) is 44.7 Å². The van der Waals surface area contributed by atoms with Gasteiger partial charge in [-0.25, -0.2) is 16.2 Å². The monoisotopic (exact) mass is 566 g/mol. The van der Waals surface area contributed by atoms with Gasteiger partial charge in [0.15, 0.2) is 0 Å². The second kappa shape index (κ2) is 17.5. The number of hydrogen-bond acceptors (Lipinski definition) is 6. The number of unbranched alkanes of at least 4 members (excludes halogenated alkanes) is 1. The molecule has 3 aromatic carbocycles. The molecule has 42 heavy (non-hydrogen) atoms. The molecule has 0 atom stereocenters. The Kier molecular flexibility index (Phi) is 13.1. The molecule has 3 rings (SSSR count). The fourth-order valence-electron chi connectivity index (χ4n) is 3.83. The summed E-state index contributed by atoms with van der Waals surface area (Å²) in [5, 5.41) is 2.67. The van der Waals surface area contributed by atoms with E-state index in [-0.39, 0.29) is 5.97 Å². The molecule has 0 aliphatic heterocycles. The molecular formula is C34H34N2O6. The third-order valence-corrected chi connectivity index (χ3v) is 6.09. The van der Waals surface area contributed by atoms with Crippen molar-refractivity contribution in [1.29, 1.82) is 0 Å². The minimum absolute atomic E-state index is 0.335. The van der Waals surface area contributed by atoms with Crippen molar-refractivity contribution in [1.82, 2.24) is 0 Å². The van der Waals surface area contributed by atoms with Gasteiger partial charge in [0, 0.05) is 23.9 Å². The molecular weight excluding hydrogens is 532 g/mol. The number of anilines is 1. The van der Waals surface area contributed by atoms with Gasteiger partial charge in [-0.2, -0.15) is 0 Å². The van der Waals surface area contributed by atoms with Gasteiger partial charge in [0.1, 0.15) is 5.75 Å². The molecule has 0 saturated carbocycles. The van der Waals surface area contributed by atoms with Gasteiger partial charge >= 0.3 is 11.9 Å². The standard InChI is InChI=1S/C34H34N2O6/c1-35-23-5-25-41-31-18-14-29(15-19-31)28-12-7-27(8-13-28)11-21-34(39)42-24-4-3-6-26-9-16-30(17-10-26)36-32(37)20-22-33(38)40-2/h7-22H,3-6,23-25H2,2H3,(H,36,37)/b21-11+,22-20-. The van der Waals surface area contributed by atoms with E-state index >= 15 is 0 Å². The molecule has 216 valence electrons. The van der Waals surface area contributed by atoms with Crippen molar-refractivity contribution in [2.75, 3.05) is 32.2 Å². The molecule has 0 aliphatic rings. The average Bonchev–Trinajstić information content (AvgIpc) is 3.02. The Morgan fingerprint density at radius 1 is 0.786 bits per heavy atom. The molecule has 0 spiro atoms. The van der Waals surface area contributed by atoms with Crippen LogP contribution >= 0.6 is 0 Å². The Morgan fingerprint density at radius 3 is 2.14 bits per heavy atom. The van der Waals surface area contributed by atoms with E-state index in [2.05, 4.69) is 14.9 Å². The largest absolute Gasteiger partial charge is 0.493 e. The van der Waals surface area contributed by atoms with E-state index in [0.29, 0.717) is 25.4 Å². The summed E-state index contributed by atoms with van der Waals surface area (Å²) in [4.78, 5) is 38.3. The molecule has 8 heteroatoms. The van der Waals surface area contributed by atoms with Crippen LogP contribution in [-0.2, 0) is 30.3 Å². The van der Waals surface area contributed by atoms with E-state index in [4.69, 9.17) is 16.0 Å². The first-order valence-corrected chi connectivity index (χ1v) is 13.6. The van der Waals surface area contributed by atoms with E-state index in [0.717, 1.165) is 65.8 Å². The van der Waals surface area contributed by atoms with Crippen molar-refractivity contribution in [2.45, 2.75) is 25.7 Å². The fourth-order valence-corrected chi connectivity index (χ4v) is 3.83. The number of nitrogens with one attached hydrogen (secondary N) is 1. The number of aryl methyl sites for hydroxylation is 1. The number of benzene rings is 3. The normalized spacial score (nSPS) is 10.8. The van der Waals surface area contributed by atoms with E-state index in [1.165, 1.54) is 13.2 Å². The molecule has 0 fully saturated rings. The van der Waals surface area contributed by atoms with E-state index in [1.807, 2.05) is 60.7 Å². The number of methoxy groups -OCH3 is 1. The minimum atomic E-state index is -0.594. The lowest BCUT2D eigenvalue weighted by Gasteiger charge is -2.07. The van der Waals surface area contributed by atoms with Gasteiger partial charge in [0.2, 0.25) is 12.5 Å². The van der Waals surface area contributed by atoms with Crippen LogP contribution in [0.3, 0.4) is 0 Å². The van der Waals surface area contributed by atoms with Crippen LogP contribution in [0.15, 0.2) is 91.0 Å². The first-order chi connectivity index (χ1) is 20.5. The predicted molar refractivity (Wildman–Crippen MR) is 163 cm³/mol. The first-order valence-electron chi connectivity index (χ1n) is 13.6. The van der Waals surface area contributed by atoms with Gasteiger partial charge < -0.3 is 24.4 Å². The minimum Gasteiger partial charge on any atom is -0.493 e. The molecule has 0 radical (unpaired) electrons. The maximum atomic E-state index is 12.1. The zero-order valence-electron chi connectivity index (χ0n) is 23.6. The highest BCUT2D eigenvalue weighted by atomic mass is 16.5. The van der Waals surface area contributed by atoms with Gasteiger partial charge in [-0.3, -0.25) is 4.79 Å². The van der Waals surface area contributed by atoms with Crippen LogP contribution in [0.2, 0.25) is 0 Å². The van der Waals surface area contributed by atoms with Gasteiger partial charge in [0.05, 0.1) is 26.7 Å². The highest BCUT2D eigenvalue weighted by molar-refractivity contribution is 6.02. The van der Waals surface area contributed by atoms with Crippen molar-refractivity contribution in [2.24, 2.45) is 0 Å². The number of rotatable bonds is 15. The highest BCUT2D eigenvalue weighted by Gasteiger charge is 2.03. The van der Waals surface area contributed by atoms with Crippen LogP contribution in [0.1, 0.15) is 30.4 Å². The summed E-state index contributed by atoms with van der Waals surface area (Å²) < 4.78 is 15.4. The molecule has 8 nitrogen and oxygen atoms in total. The highest BCUT2D eigenvalue weighted by Crippen LogP contribution is 2.23. The number of ether oxygens (including phenoxy) is 3. The van der Waals surface area contributed by atoms with Crippen LogP contribution in [0, 0.1) is 6.57 Å². The van der Waals surface area contributed by atoms with Gasteiger partial charge in [0.25, 0.3) is 0 Å². The van der Waals surface area contributed by atoms with Crippen LogP contribution in [0.4, 0.5) is 5.69 Å². The molecule has 3 aromatic rings. The molecule has 1 N–H and O–H groups in total. The molecule has 0 unspecified atom stereocenters. The van der Waals surface area contributed by atoms with E-state index < -0.39 is 11.9 Å². The lowest BCUT2D eigenvalue weighted by molar-refractivity contribution is -0.138. The molecule has 0 aliphatic carbocycles. The molecule has 0 saturated heterocycles. The van der Waals surface area contributed by atoms with E-state index in [1.54, 1.807) is 18.2 Å². The van der Waals surface area contributed by atoms with Gasteiger partial charge in [-0.1, -0.05) is 48.5 Å². The number of nitrogens with zero attached hydrogens (tertiary/aromatic N) is 1. The average molecular weight is 567 g/mol. The Labute approximate surface area is 246 Å². The van der Waals surface area contributed by atoms with Crippen molar-refractivity contribution in [3.63, 3.8) is 0 Å². The third-order valence-electron chi connectivity index (χ3n) is 6.09. The number of carbonyl (C=O) groups excluding carboxylic acids is 3.